The van der Waals surface area contributed by atoms with Gasteiger partial charge in [0.25, 0.3) is 0 Å². The third-order valence-electron chi connectivity index (χ3n) is 3.63. The summed E-state index contributed by atoms with van der Waals surface area (Å²) < 4.78 is 12.4. The van der Waals surface area contributed by atoms with Crippen molar-refractivity contribution in [3.8, 4) is 11.5 Å². The molecule has 0 saturated carbocycles. The number of phenols is 1. The van der Waals surface area contributed by atoms with Crippen LogP contribution in [0.1, 0.15) is 25.0 Å². The van der Waals surface area contributed by atoms with Crippen molar-refractivity contribution < 1.29 is 13.7 Å². The Morgan fingerprint density at radius 3 is 2.04 bits per heavy atom. The highest BCUT2D eigenvalue weighted by Crippen LogP contribution is 2.47. The lowest BCUT2D eigenvalue weighted by molar-refractivity contribution is 0.474. The van der Waals surface area contributed by atoms with Gasteiger partial charge in [0.05, 0.1) is 17.7 Å². The van der Waals surface area contributed by atoms with Gasteiger partial charge in [0, 0.05) is 14.4 Å². The number of ether oxygens (including phenoxy) is 1. The molecule has 3 rings (SSSR count). The highest BCUT2D eigenvalue weighted by atomic mass is 79.9. The molecule has 0 unspecified atom stereocenters. The number of rotatable bonds is 3. The zero-order valence-corrected chi connectivity index (χ0v) is 19.4. The summed E-state index contributed by atoms with van der Waals surface area (Å²) in [5, 5.41) is 9.47. The molecule has 24 heavy (non-hydrogen) atoms. The summed E-state index contributed by atoms with van der Waals surface area (Å²) in [6.07, 6.45) is 0. The molecule has 2 aromatic rings. The number of epoxide rings is 1. The SMILES string of the molecule is C1CO1.CC(C)(c1ccc(O)cc1)c1c(Br)cc(OBr)c(Br)c1Br. The van der Waals surface area contributed by atoms with Gasteiger partial charge in [-0.15, -0.1) is 0 Å². The molecular formula is C17H16Br4O3. The Morgan fingerprint density at radius 1 is 1.04 bits per heavy atom. The van der Waals surface area contributed by atoms with Crippen LogP contribution in [-0.4, -0.2) is 18.3 Å². The molecule has 0 radical (unpaired) electrons. The van der Waals surface area contributed by atoms with E-state index in [4.69, 9.17) is 3.83 Å². The van der Waals surface area contributed by atoms with Crippen molar-refractivity contribution in [3.05, 3.63) is 54.9 Å². The van der Waals surface area contributed by atoms with Crippen molar-refractivity contribution in [3.63, 3.8) is 0 Å². The molecule has 1 fully saturated rings. The lowest BCUT2D eigenvalue weighted by atomic mass is 9.78. The first-order valence-electron chi connectivity index (χ1n) is 7.13. The summed E-state index contributed by atoms with van der Waals surface area (Å²) in [5.41, 5.74) is 1.92. The minimum atomic E-state index is -0.265. The molecule has 0 bridgehead atoms. The van der Waals surface area contributed by atoms with E-state index in [0.717, 1.165) is 37.8 Å². The zero-order chi connectivity index (χ0) is 17.9. The highest BCUT2D eigenvalue weighted by molar-refractivity contribution is 9.13. The van der Waals surface area contributed by atoms with Crippen molar-refractivity contribution >= 4 is 64.0 Å². The van der Waals surface area contributed by atoms with Gasteiger partial charge >= 0.3 is 0 Å². The number of benzene rings is 2. The maximum atomic E-state index is 9.47. The van der Waals surface area contributed by atoms with Gasteiger partial charge in [0.2, 0.25) is 0 Å². The van der Waals surface area contributed by atoms with Crippen LogP contribution < -0.4 is 3.83 Å². The topological polar surface area (TPSA) is 42.0 Å². The molecule has 1 heterocycles. The summed E-state index contributed by atoms with van der Waals surface area (Å²) in [6, 6.07) is 9.16. The Labute approximate surface area is 175 Å². The van der Waals surface area contributed by atoms with Crippen molar-refractivity contribution in [1.82, 2.24) is 0 Å². The molecule has 7 heteroatoms. The second-order valence-electron chi connectivity index (χ2n) is 5.72. The van der Waals surface area contributed by atoms with Crippen molar-refractivity contribution in [1.29, 1.82) is 0 Å². The molecular weight excluding hydrogens is 572 g/mol. The molecule has 1 N–H and O–H groups in total. The van der Waals surface area contributed by atoms with E-state index >= 15 is 0 Å². The second-order valence-corrected chi connectivity index (χ2v) is 8.48. The van der Waals surface area contributed by atoms with Gasteiger partial charge in [-0.1, -0.05) is 41.9 Å². The van der Waals surface area contributed by atoms with Gasteiger partial charge in [0.1, 0.15) is 5.75 Å². The van der Waals surface area contributed by atoms with E-state index in [1.165, 1.54) is 0 Å². The van der Waals surface area contributed by atoms with E-state index in [2.05, 4.69) is 82.6 Å². The van der Waals surface area contributed by atoms with E-state index in [1.54, 1.807) is 12.1 Å². The molecule has 0 aliphatic carbocycles. The van der Waals surface area contributed by atoms with Gasteiger partial charge in [-0.2, -0.15) is 0 Å². The summed E-state index contributed by atoms with van der Waals surface area (Å²) >= 11 is 13.8. The van der Waals surface area contributed by atoms with Crippen LogP contribution in [0.3, 0.4) is 0 Å². The normalized spacial score (nSPS) is 13.1. The summed E-state index contributed by atoms with van der Waals surface area (Å²) in [6.45, 7) is 6.26. The average Bonchev–Trinajstić information content (AvgIpc) is 3.40. The molecule has 1 aliphatic heterocycles. The van der Waals surface area contributed by atoms with E-state index in [-0.39, 0.29) is 11.2 Å². The number of hydrogen-bond donors (Lipinski definition) is 1. The summed E-state index contributed by atoms with van der Waals surface area (Å²) in [7, 11) is 0. The maximum absolute atomic E-state index is 9.47. The lowest BCUT2D eigenvalue weighted by Crippen LogP contribution is -2.20. The minimum absolute atomic E-state index is 0.261. The Kier molecular flexibility index (Phi) is 7.20. The van der Waals surface area contributed by atoms with Crippen molar-refractivity contribution in [2.75, 3.05) is 13.2 Å². The molecule has 0 spiro atoms. The van der Waals surface area contributed by atoms with Gasteiger partial charge in [-0.25, -0.2) is 0 Å². The molecule has 0 aromatic heterocycles. The predicted octanol–water partition coefficient (Wildman–Crippen LogP) is 6.71. The molecule has 0 amide bonds. The fraction of sp³-hybridized carbons (Fsp3) is 0.294. The summed E-state index contributed by atoms with van der Waals surface area (Å²) in [4.78, 5) is 0. The predicted molar refractivity (Wildman–Crippen MR) is 110 cm³/mol. The fourth-order valence-corrected chi connectivity index (χ4v) is 5.16. The largest absolute Gasteiger partial charge is 0.508 e. The van der Waals surface area contributed by atoms with Crippen LogP contribution in [0.15, 0.2) is 43.7 Å². The standard InChI is InChI=1S/C15H12Br4O2.C2H4O/c1-15(2,8-3-5-9(20)6-4-8)12-10(16)7-11(21-19)13(17)14(12)18;1-2-3-1/h3-7,20H,1-2H3;1-2H2. The molecule has 1 saturated heterocycles. The molecule has 0 atom stereocenters. The van der Waals surface area contributed by atoms with E-state index in [1.807, 2.05) is 18.2 Å². The van der Waals surface area contributed by atoms with Crippen LogP contribution in [0.2, 0.25) is 0 Å². The third kappa shape index (κ3) is 4.75. The van der Waals surface area contributed by atoms with Crippen LogP contribution in [0.5, 0.6) is 11.5 Å². The van der Waals surface area contributed by atoms with Crippen LogP contribution in [0.4, 0.5) is 0 Å². The Hall–Kier alpha value is -0.0800. The molecule has 130 valence electrons. The maximum Gasteiger partial charge on any atom is 0.179 e. The highest BCUT2D eigenvalue weighted by Gasteiger charge is 2.30. The number of hydrogen-bond acceptors (Lipinski definition) is 3. The van der Waals surface area contributed by atoms with Gasteiger partial charge < -0.3 is 13.7 Å². The first-order valence-corrected chi connectivity index (χ1v) is 10.2. The first kappa shape index (κ1) is 20.2. The third-order valence-corrected chi connectivity index (χ3v) is 6.71. The minimum Gasteiger partial charge on any atom is -0.508 e. The molecule has 2 aromatic carbocycles. The van der Waals surface area contributed by atoms with Crippen molar-refractivity contribution in [2.24, 2.45) is 0 Å². The van der Waals surface area contributed by atoms with E-state index in [0.29, 0.717) is 5.75 Å². The Balaban J connectivity index is 0.000000623. The van der Waals surface area contributed by atoms with Gasteiger partial charge in [0.15, 0.2) is 22.0 Å². The number of phenolic OH excluding ortho intramolecular Hbond substituents is 1. The van der Waals surface area contributed by atoms with Crippen LogP contribution in [0, 0.1) is 0 Å². The molecule has 3 nitrogen and oxygen atoms in total. The van der Waals surface area contributed by atoms with Crippen LogP contribution in [-0.2, 0) is 10.2 Å². The monoisotopic (exact) mass is 584 g/mol. The van der Waals surface area contributed by atoms with E-state index < -0.39 is 0 Å². The van der Waals surface area contributed by atoms with Crippen molar-refractivity contribution in [2.45, 2.75) is 19.3 Å². The van der Waals surface area contributed by atoms with Crippen LogP contribution in [0.25, 0.3) is 0 Å². The quantitative estimate of drug-likeness (QED) is 0.321. The summed E-state index contributed by atoms with van der Waals surface area (Å²) in [5.74, 6) is 0.941. The van der Waals surface area contributed by atoms with Gasteiger partial charge in [-0.05, 0) is 61.2 Å². The van der Waals surface area contributed by atoms with Gasteiger partial charge in [-0.3, -0.25) is 0 Å². The fourth-order valence-electron chi connectivity index (χ4n) is 2.22. The number of halogens is 4. The Bertz CT molecular complexity index is 710. The van der Waals surface area contributed by atoms with Crippen LogP contribution >= 0.6 is 64.0 Å². The lowest BCUT2D eigenvalue weighted by Gasteiger charge is -2.29. The smallest absolute Gasteiger partial charge is 0.179 e. The Morgan fingerprint density at radius 2 is 1.58 bits per heavy atom. The second kappa shape index (κ2) is 8.54. The zero-order valence-electron chi connectivity index (χ0n) is 13.1. The first-order chi connectivity index (χ1) is 11.3. The molecule has 1 aliphatic rings. The average molecular weight is 588 g/mol. The number of aromatic hydroxyl groups is 1. The van der Waals surface area contributed by atoms with E-state index in [9.17, 15) is 5.11 Å².